The van der Waals surface area contributed by atoms with Crippen molar-refractivity contribution in [3.05, 3.63) is 39.8 Å². The van der Waals surface area contributed by atoms with Gasteiger partial charge in [-0.1, -0.05) is 19.1 Å². The third-order valence-corrected chi connectivity index (χ3v) is 7.44. The van der Waals surface area contributed by atoms with Crippen LogP contribution in [0.2, 0.25) is 0 Å². The van der Waals surface area contributed by atoms with Gasteiger partial charge >= 0.3 is 0 Å². The van der Waals surface area contributed by atoms with Crippen molar-refractivity contribution in [1.29, 1.82) is 0 Å². The van der Waals surface area contributed by atoms with E-state index in [1.165, 1.54) is 0 Å². The Kier molecular flexibility index (Phi) is 5.30. The number of amides is 1. The van der Waals surface area contributed by atoms with Crippen LogP contribution in [0.4, 0.5) is 0 Å². The molecule has 4 atom stereocenters. The number of allylic oxidation sites excluding steroid dienone is 2. The zero-order chi connectivity index (χ0) is 21.7. The van der Waals surface area contributed by atoms with Crippen LogP contribution in [0, 0.1) is 44.4 Å². The largest absolute Gasteiger partial charge is 0.369 e. The Morgan fingerprint density at radius 2 is 1.97 bits per heavy atom. The molecule has 3 N–H and O–H groups in total. The van der Waals surface area contributed by atoms with E-state index < -0.39 is 0 Å². The van der Waals surface area contributed by atoms with E-state index in [4.69, 9.17) is 5.73 Å². The van der Waals surface area contributed by atoms with Crippen LogP contribution in [-0.4, -0.2) is 30.6 Å². The van der Waals surface area contributed by atoms with Crippen LogP contribution in [0.15, 0.2) is 22.8 Å². The molecule has 0 radical (unpaired) electrons. The highest BCUT2D eigenvalue weighted by molar-refractivity contribution is 9.10. The number of aromatic amines is 1. The third kappa shape index (κ3) is 3.37. The highest BCUT2D eigenvalue weighted by Gasteiger charge is 2.44. The first-order valence-electron chi connectivity index (χ1n) is 10.2. The summed E-state index contributed by atoms with van der Waals surface area (Å²) >= 11 is 3.49. The van der Waals surface area contributed by atoms with Crippen molar-refractivity contribution in [3.63, 3.8) is 0 Å². The Labute approximate surface area is 184 Å². The van der Waals surface area contributed by atoms with E-state index in [1.807, 2.05) is 32.5 Å². The number of aryl methyl sites for hydroxylation is 3. The molecule has 1 amide bonds. The maximum atomic E-state index is 11.0. The molecule has 2 aliphatic carbocycles. The molecule has 8 heteroatoms. The normalized spacial score (nSPS) is 24.3. The molecular weight excluding hydrogens is 444 g/mol. The van der Waals surface area contributed by atoms with Crippen molar-refractivity contribution < 1.29 is 4.79 Å². The van der Waals surface area contributed by atoms with Gasteiger partial charge in [0, 0.05) is 29.3 Å². The summed E-state index contributed by atoms with van der Waals surface area (Å²) in [6.45, 7) is 8.20. The van der Waals surface area contributed by atoms with E-state index in [2.05, 4.69) is 55.1 Å². The fourth-order valence-electron chi connectivity index (χ4n) is 4.83. The Morgan fingerprint density at radius 1 is 1.27 bits per heavy atom. The van der Waals surface area contributed by atoms with E-state index in [-0.39, 0.29) is 11.8 Å². The number of fused-ring (bicyclic) bond motifs is 3. The Bertz CT molecular complexity index is 1160. The number of nitrogens with zero attached hydrogens (tertiary/aromatic N) is 4. The molecule has 3 aromatic heterocycles. The summed E-state index contributed by atoms with van der Waals surface area (Å²) in [5, 5.41) is 4.42. The van der Waals surface area contributed by atoms with Crippen LogP contribution in [0.25, 0.3) is 22.6 Å². The molecule has 2 aliphatic rings. The number of pyridine rings is 1. The fourth-order valence-corrected chi connectivity index (χ4v) is 5.13. The zero-order valence-corrected chi connectivity index (χ0v) is 19.5. The number of nitrogens with one attached hydrogen (secondary N) is 1. The summed E-state index contributed by atoms with van der Waals surface area (Å²) < 4.78 is 2.85. The molecule has 3 aromatic rings. The van der Waals surface area contributed by atoms with Gasteiger partial charge in [-0.25, -0.2) is 9.97 Å². The first-order valence-corrected chi connectivity index (χ1v) is 11.0. The number of halogens is 1. The predicted molar refractivity (Wildman–Crippen MR) is 121 cm³/mol. The van der Waals surface area contributed by atoms with Gasteiger partial charge < -0.3 is 10.7 Å². The van der Waals surface area contributed by atoms with E-state index in [1.54, 1.807) is 6.20 Å². The van der Waals surface area contributed by atoms with Crippen LogP contribution >= 0.6 is 15.9 Å². The number of carbonyl (C=O) groups is 1. The second kappa shape index (κ2) is 7.65. The van der Waals surface area contributed by atoms with E-state index in [0.29, 0.717) is 17.8 Å². The highest BCUT2D eigenvalue weighted by atomic mass is 79.9. The second-order valence-corrected chi connectivity index (χ2v) is 9.27. The van der Waals surface area contributed by atoms with Gasteiger partial charge in [0.15, 0.2) is 5.65 Å². The van der Waals surface area contributed by atoms with Crippen LogP contribution in [0.3, 0.4) is 0 Å². The minimum absolute atomic E-state index is 0.116. The number of carbonyl (C=O) groups excluding carboxylic acids is 1. The number of primary amides is 1. The van der Waals surface area contributed by atoms with Crippen LogP contribution in [-0.2, 0) is 11.8 Å². The van der Waals surface area contributed by atoms with Crippen LogP contribution < -0.4 is 5.73 Å². The van der Waals surface area contributed by atoms with Gasteiger partial charge in [-0.05, 0) is 66.4 Å². The summed E-state index contributed by atoms with van der Waals surface area (Å²) in [6, 6.07) is 0. The SMILES string of the molecule is CC1C2C=CC(C2)C1C(N)=O.Cc1nn(C)c(C)c1-c1nc2ncc(Br)c(C)c2[nH]1. The molecular formula is C22H27BrN6O. The Balaban J connectivity index is 0.000000168. The van der Waals surface area contributed by atoms with Crippen molar-refractivity contribution >= 4 is 33.0 Å². The molecule has 0 saturated heterocycles. The molecule has 3 heterocycles. The van der Waals surface area contributed by atoms with Gasteiger partial charge in [-0.15, -0.1) is 0 Å². The number of nitrogens with two attached hydrogens (primary N) is 1. The monoisotopic (exact) mass is 470 g/mol. The van der Waals surface area contributed by atoms with Crippen molar-refractivity contribution in [1.82, 2.24) is 24.7 Å². The minimum Gasteiger partial charge on any atom is -0.369 e. The lowest BCUT2D eigenvalue weighted by molar-refractivity contribution is -0.123. The number of hydrogen-bond donors (Lipinski definition) is 2. The quantitative estimate of drug-likeness (QED) is 0.552. The smallest absolute Gasteiger partial charge is 0.221 e. The van der Waals surface area contributed by atoms with Gasteiger partial charge in [-0.2, -0.15) is 5.10 Å². The number of H-pyrrole nitrogens is 1. The second-order valence-electron chi connectivity index (χ2n) is 8.42. The molecule has 4 unspecified atom stereocenters. The molecule has 30 heavy (non-hydrogen) atoms. The summed E-state index contributed by atoms with van der Waals surface area (Å²) in [6.07, 6.45) is 7.31. The molecule has 158 valence electrons. The standard InChI is InChI=1S/C13H14BrN5.C9H13NO/c1-6-9(14)5-15-13-11(6)16-12(17-13)10-7(2)18-19(4)8(10)3;1-5-6-2-3-7(4-6)8(5)9(10)11/h5H,1-4H3,(H,15,16,17);2-3,5-8H,4H2,1H3,(H2,10,11). The lowest BCUT2D eigenvalue weighted by atomic mass is 9.84. The Hall–Kier alpha value is -2.48. The number of imidazole rings is 1. The molecule has 0 spiro atoms. The molecule has 7 nitrogen and oxygen atoms in total. The zero-order valence-electron chi connectivity index (χ0n) is 17.9. The number of aromatic nitrogens is 5. The third-order valence-electron chi connectivity index (χ3n) is 6.65. The van der Waals surface area contributed by atoms with E-state index in [0.717, 1.165) is 50.4 Å². The molecule has 0 aromatic carbocycles. The summed E-state index contributed by atoms with van der Waals surface area (Å²) in [5.74, 6) is 2.37. The Morgan fingerprint density at radius 3 is 2.50 bits per heavy atom. The van der Waals surface area contributed by atoms with Crippen molar-refractivity contribution in [2.24, 2.45) is 36.5 Å². The molecule has 5 rings (SSSR count). The van der Waals surface area contributed by atoms with E-state index in [9.17, 15) is 4.79 Å². The molecule has 1 saturated carbocycles. The van der Waals surface area contributed by atoms with Crippen molar-refractivity contribution in [3.8, 4) is 11.4 Å². The first kappa shape index (κ1) is 20.8. The van der Waals surface area contributed by atoms with Crippen molar-refractivity contribution in [2.75, 3.05) is 0 Å². The lowest BCUT2D eigenvalue weighted by Gasteiger charge is -2.20. The predicted octanol–water partition coefficient (Wildman–Crippen LogP) is 3.98. The molecule has 1 fully saturated rings. The average molecular weight is 471 g/mol. The summed E-state index contributed by atoms with van der Waals surface area (Å²) in [5.41, 5.74) is 11.2. The van der Waals surface area contributed by atoms with Gasteiger partial charge in [-0.3, -0.25) is 9.48 Å². The molecule has 0 aliphatic heterocycles. The van der Waals surface area contributed by atoms with Gasteiger partial charge in [0.25, 0.3) is 0 Å². The number of hydrogen-bond acceptors (Lipinski definition) is 4. The minimum atomic E-state index is -0.116. The van der Waals surface area contributed by atoms with Crippen LogP contribution in [0.5, 0.6) is 0 Å². The fraction of sp³-hybridized carbons (Fsp3) is 0.455. The van der Waals surface area contributed by atoms with Crippen molar-refractivity contribution in [2.45, 2.75) is 34.1 Å². The molecule has 2 bridgehead atoms. The maximum Gasteiger partial charge on any atom is 0.221 e. The highest BCUT2D eigenvalue weighted by Crippen LogP contribution is 2.47. The van der Waals surface area contributed by atoms with Gasteiger partial charge in [0.05, 0.1) is 16.8 Å². The number of rotatable bonds is 2. The summed E-state index contributed by atoms with van der Waals surface area (Å²) in [7, 11) is 1.94. The first-order chi connectivity index (χ1) is 14.2. The van der Waals surface area contributed by atoms with Gasteiger partial charge in [0.1, 0.15) is 5.82 Å². The van der Waals surface area contributed by atoms with Crippen LogP contribution in [0.1, 0.15) is 30.3 Å². The lowest BCUT2D eigenvalue weighted by Crippen LogP contribution is -2.31. The summed E-state index contributed by atoms with van der Waals surface area (Å²) in [4.78, 5) is 23.3. The van der Waals surface area contributed by atoms with E-state index >= 15 is 0 Å². The maximum absolute atomic E-state index is 11.0. The topological polar surface area (TPSA) is 102 Å². The average Bonchev–Trinajstić information content (AvgIpc) is 3.43. The van der Waals surface area contributed by atoms with Gasteiger partial charge in [0.2, 0.25) is 5.91 Å².